The second kappa shape index (κ2) is 9.91. The smallest absolute Gasteiger partial charge is 0.387 e. The quantitative estimate of drug-likeness (QED) is 0.434. The Hall–Kier alpha value is -3.36. The summed E-state index contributed by atoms with van der Waals surface area (Å²) in [5, 5.41) is 6.38. The Balaban J connectivity index is 1.76. The molecule has 30 heavy (non-hydrogen) atoms. The van der Waals surface area contributed by atoms with Gasteiger partial charge in [0.2, 0.25) is 0 Å². The van der Waals surface area contributed by atoms with Gasteiger partial charge in [0.05, 0.1) is 31.2 Å². The van der Waals surface area contributed by atoms with Gasteiger partial charge in [-0.2, -0.15) is 8.78 Å². The number of benzene rings is 2. The summed E-state index contributed by atoms with van der Waals surface area (Å²) < 4.78 is 37.2. The molecule has 3 rings (SSSR count). The molecule has 0 aliphatic rings. The van der Waals surface area contributed by atoms with Crippen molar-refractivity contribution in [2.24, 2.45) is 12.0 Å². The molecule has 7 nitrogen and oxygen atoms in total. The van der Waals surface area contributed by atoms with Crippen LogP contribution in [0, 0.1) is 0 Å². The predicted molar refractivity (Wildman–Crippen MR) is 112 cm³/mol. The standard InChI is InChI=1S/C21H25F2N5O2/c1-4-24-21(26-13-19-27-16-7-5-6-8-17(16)28(19)2)25-12-14-11-15(29-3)9-10-18(14)30-20(22)23/h5-11,20H,4,12-13H2,1-3H3,(H2,24,25,26). The zero-order valence-corrected chi connectivity index (χ0v) is 17.2. The van der Waals surface area contributed by atoms with E-state index >= 15 is 0 Å². The van der Waals surface area contributed by atoms with E-state index in [0.29, 0.717) is 30.4 Å². The molecule has 0 aliphatic carbocycles. The van der Waals surface area contributed by atoms with Crippen molar-refractivity contribution < 1.29 is 18.3 Å². The van der Waals surface area contributed by atoms with Crippen LogP contribution in [-0.4, -0.2) is 35.8 Å². The van der Waals surface area contributed by atoms with E-state index in [1.54, 1.807) is 12.1 Å². The van der Waals surface area contributed by atoms with E-state index in [2.05, 4.69) is 25.3 Å². The van der Waals surface area contributed by atoms with Crippen LogP contribution in [0.4, 0.5) is 8.78 Å². The molecule has 3 aromatic rings. The zero-order chi connectivity index (χ0) is 21.5. The number of aryl methyl sites for hydroxylation is 1. The third kappa shape index (κ3) is 5.16. The van der Waals surface area contributed by atoms with Gasteiger partial charge in [-0.15, -0.1) is 0 Å². The molecule has 2 aromatic carbocycles. The lowest BCUT2D eigenvalue weighted by Gasteiger charge is -2.13. The van der Waals surface area contributed by atoms with Crippen molar-refractivity contribution in [1.82, 2.24) is 20.2 Å². The van der Waals surface area contributed by atoms with E-state index in [-0.39, 0.29) is 12.3 Å². The van der Waals surface area contributed by atoms with Gasteiger partial charge < -0.3 is 24.7 Å². The molecule has 0 aliphatic heterocycles. The number of methoxy groups -OCH3 is 1. The van der Waals surface area contributed by atoms with Crippen molar-refractivity contribution in [2.45, 2.75) is 26.6 Å². The molecule has 9 heteroatoms. The van der Waals surface area contributed by atoms with E-state index in [0.717, 1.165) is 16.9 Å². The Bertz CT molecular complexity index is 1020. The van der Waals surface area contributed by atoms with Gasteiger partial charge in [-0.25, -0.2) is 9.98 Å². The van der Waals surface area contributed by atoms with Crippen molar-refractivity contribution in [3.05, 3.63) is 53.9 Å². The minimum atomic E-state index is -2.91. The highest BCUT2D eigenvalue weighted by Gasteiger charge is 2.12. The first-order valence-corrected chi connectivity index (χ1v) is 9.56. The Labute approximate surface area is 173 Å². The molecule has 0 radical (unpaired) electrons. The molecule has 1 aromatic heterocycles. The SMILES string of the molecule is CCNC(=NCc1cc(OC)ccc1OC(F)F)NCc1nc2ccccc2n1C. The number of nitrogens with one attached hydrogen (secondary N) is 2. The predicted octanol–water partition coefficient (Wildman–Crippen LogP) is 3.44. The van der Waals surface area contributed by atoms with Gasteiger partial charge >= 0.3 is 6.61 Å². The molecule has 0 fully saturated rings. The Morgan fingerprint density at radius 3 is 2.70 bits per heavy atom. The molecule has 0 bridgehead atoms. The number of aliphatic imine (C=N–C) groups is 1. The molecule has 0 unspecified atom stereocenters. The van der Waals surface area contributed by atoms with Gasteiger partial charge in [-0.1, -0.05) is 12.1 Å². The maximum absolute atomic E-state index is 12.7. The van der Waals surface area contributed by atoms with Crippen molar-refractivity contribution >= 4 is 17.0 Å². The summed E-state index contributed by atoms with van der Waals surface area (Å²) in [6.07, 6.45) is 0. The summed E-state index contributed by atoms with van der Waals surface area (Å²) in [6.45, 7) is 0.271. The first-order valence-electron chi connectivity index (χ1n) is 9.56. The average molecular weight is 417 g/mol. The zero-order valence-electron chi connectivity index (χ0n) is 17.2. The number of alkyl halides is 2. The normalized spacial score (nSPS) is 11.7. The molecule has 0 saturated heterocycles. The van der Waals surface area contributed by atoms with E-state index in [4.69, 9.17) is 4.74 Å². The van der Waals surface area contributed by atoms with Crippen LogP contribution in [0.2, 0.25) is 0 Å². The number of hydrogen-bond acceptors (Lipinski definition) is 4. The van der Waals surface area contributed by atoms with Gasteiger partial charge in [0.1, 0.15) is 17.3 Å². The Kier molecular flexibility index (Phi) is 7.05. The first-order chi connectivity index (χ1) is 14.5. The molecular formula is C21H25F2N5O2. The topological polar surface area (TPSA) is 72.7 Å². The second-order valence-corrected chi connectivity index (χ2v) is 6.48. The molecule has 1 heterocycles. The third-order valence-corrected chi connectivity index (χ3v) is 4.53. The first kappa shape index (κ1) is 21.4. The molecule has 0 saturated carbocycles. The number of para-hydroxylation sites is 2. The number of aromatic nitrogens is 2. The number of halogens is 2. The number of guanidine groups is 1. The summed E-state index contributed by atoms with van der Waals surface area (Å²) in [5.41, 5.74) is 2.46. The summed E-state index contributed by atoms with van der Waals surface area (Å²) >= 11 is 0. The largest absolute Gasteiger partial charge is 0.497 e. The maximum Gasteiger partial charge on any atom is 0.387 e. The number of imidazole rings is 1. The lowest BCUT2D eigenvalue weighted by atomic mass is 10.2. The van der Waals surface area contributed by atoms with E-state index in [9.17, 15) is 8.78 Å². The van der Waals surface area contributed by atoms with E-state index in [1.165, 1.54) is 13.2 Å². The number of ether oxygens (including phenoxy) is 2. The van der Waals surface area contributed by atoms with Crippen LogP contribution in [0.15, 0.2) is 47.5 Å². The van der Waals surface area contributed by atoms with Crippen molar-refractivity contribution in [3.8, 4) is 11.5 Å². The molecule has 2 N–H and O–H groups in total. The monoisotopic (exact) mass is 417 g/mol. The number of hydrogen-bond donors (Lipinski definition) is 2. The van der Waals surface area contributed by atoms with Gasteiger partial charge in [0.25, 0.3) is 0 Å². The van der Waals surface area contributed by atoms with Gasteiger partial charge in [-0.3, -0.25) is 0 Å². The average Bonchev–Trinajstić information content (AvgIpc) is 3.06. The highest BCUT2D eigenvalue weighted by atomic mass is 19.3. The minimum absolute atomic E-state index is 0.0701. The van der Waals surface area contributed by atoms with Gasteiger partial charge in [-0.05, 0) is 37.3 Å². The van der Waals surface area contributed by atoms with Crippen LogP contribution in [0.1, 0.15) is 18.3 Å². The fourth-order valence-corrected chi connectivity index (χ4v) is 3.04. The van der Waals surface area contributed by atoms with Crippen LogP contribution in [0.3, 0.4) is 0 Å². The fourth-order valence-electron chi connectivity index (χ4n) is 3.04. The molecule has 160 valence electrons. The highest BCUT2D eigenvalue weighted by Crippen LogP contribution is 2.26. The lowest BCUT2D eigenvalue weighted by molar-refractivity contribution is -0.0504. The number of rotatable bonds is 8. The van der Waals surface area contributed by atoms with Crippen LogP contribution < -0.4 is 20.1 Å². The van der Waals surface area contributed by atoms with Crippen LogP contribution in [-0.2, 0) is 20.1 Å². The van der Waals surface area contributed by atoms with Gasteiger partial charge in [0, 0.05) is 19.2 Å². The second-order valence-electron chi connectivity index (χ2n) is 6.48. The lowest BCUT2D eigenvalue weighted by Crippen LogP contribution is -2.37. The van der Waals surface area contributed by atoms with E-state index in [1.807, 2.05) is 42.8 Å². The van der Waals surface area contributed by atoms with Crippen LogP contribution in [0.25, 0.3) is 11.0 Å². The third-order valence-electron chi connectivity index (χ3n) is 4.53. The molecular weight excluding hydrogens is 392 g/mol. The summed E-state index contributed by atoms with van der Waals surface area (Å²) in [6, 6.07) is 12.6. The van der Waals surface area contributed by atoms with Crippen LogP contribution in [0.5, 0.6) is 11.5 Å². The van der Waals surface area contributed by atoms with Crippen molar-refractivity contribution in [2.75, 3.05) is 13.7 Å². The van der Waals surface area contributed by atoms with Crippen molar-refractivity contribution in [1.29, 1.82) is 0 Å². The molecule has 0 amide bonds. The molecule has 0 spiro atoms. The maximum atomic E-state index is 12.7. The Morgan fingerprint density at radius 2 is 2.00 bits per heavy atom. The van der Waals surface area contributed by atoms with E-state index < -0.39 is 6.61 Å². The van der Waals surface area contributed by atoms with Crippen LogP contribution >= 0.6 is 0 Å². The van der Waals surface area contributed by atoms with Crippen molar-refractivity contribution in [3.63, 3.8) is 0 Å². The molecule has 0 atom stereocenters. The highest BCUT2D eigenvalue weighted by molar-refractivity contribution is 5.80. The van der Waals surface area contributed by atoms with Gasteiger partial charge in [0.15, 0.2) is 5.96 Å². The minimum Gasteiger partial charge on any atom is -0.497 e. The Morgan fingerprint density at radius 1 is 1.20 bits per heavy atom. The summed E-state index contributed by atoms with van der Waals surface area (Å²) in [5.74, 6) is 2.00. The number of fused-ring (bicyclic) bond motifs is 1. The summed E-state index contributed by atoms with van der Waals surface area (Å²) in [7, 11) is 3.47. The fraction of sp³-hybridized carbons (Fsp3) is 0.333. The summed E-state index contributed by atoms with van der Waals surface area (Å²) in [4.78, 5) is 9.13. The number of nitrogens with zero attached hydrogens (tertiary/aromatic N) is 3.